The van der Waals surface area contributed by atoms with Crippen LogP contribution in [0.5, 0.6) is 0 Å². The van der Waals surface area contributed by atoms with Gasteiger partial charge >= 0.3 is 5.97 Å². The summed E-state index contributed by atoms with van der Waals surface area (Å²) in [5.74, 6) is 0.857. The van der Waals surface area contributed by atoms with Gasteiger partial charge < -0.3 is 4.74 Å². The van der Waals surface area contributed by atoms with E-state index in [4.69, 9.17) is 4.74 Å². The van der Waals surface area contributed by atoms with E-state index in [2.05, 4.69) is 6.58 Å². The van der Waals surface area contributed by atoms with E-state index in [0.29, 0.717) is 5.94 Å². The van der Waals surface area contributed by atoms with Crippen LogP contribution in [0.25, 0.3) is 0 Å². The lowest BCUT2D eigenvalue weighted by atomic mass is 10.2. The first-order chi connectivity index (χ1) is 6.83. The third-order valence-corrected chi connectivity index (χ3v) is 2.38. The van der Waals surface area contributed by atoms with Crippen molar-refractivity contribution >= 4 is 17.7 Å². The number of benzene rings is 1. The molecule has 0 saturated heterocycles. The van der Waals surface area contributed by atoms with Crippen LogP contribution in [0, 0.1) is 0 Å². The van der Waals surface area contributed by atoms with E-state index < -0.39 is 0 Å². The van der Waals surface area contributed by atoms with Crippen molar-refractivity contribution in [3.8, 4) is 0 Å². The summed E-state index contributed by atoms with van der Waals surface area (Å²) in [6.07, 6.45) is 1.17. The van der Waals surface area contributed by atoms with Gasteiger partial charge in [0.2, 0.25) is 0 Å². The van der Waals surface area contributed by atoms with E-state index >= 15 is 0 Å². The summed E-state index contributed by atoms with van der Waals surface area (Å²) in [4.78, 5) is 10.7. The van der Waals surface area contributed by atoms with Crippen molar-refractivity contribution in [1.29, 1.82) is 0 Å². The smallest absolute Gasteiger partial charge is 0.330 e. The lowest BCUT2D eigenvalue weighted by Crippen LogP contribution is -1.98. The average molecular weight is 208 g/mol. The van der Waals surface area contributed by atoms with Crippen LogP contribution in [0.2, 0.25) is 0 Å². The lowest BCUT2D eigenvalue weighted by Gasteiger charge is -2.01. The molecule has 0 heterocycles. The maximum absolute atomic E-state index is 10.7. The first-order valence-corrected chi connectivity index (χ1v) is 5.39. The summed E-state index contributed by atoms with van der Waals surface area (Å²) in [5, 5.41) is 0. The number of thioether (sulfide) groups is 1. The number of esters is 1. The van der Waals surface area contributed by atoms with Gasteiger partial charge in [0, 0.05) is 11.8 Å². The van der Waals surface area contributed by atoms with Gasteiger partial charge in [-0.1, -0.05) is 36.9 Å². The molecule has 0 unspecified atom stereocenters. The largest absolute Gasteiger partial charge is 0.451 e. The summed E-state index contributed by atoms with van der Waals surface area (Å²) in [6.45, 7) is 3.31. The third-order valence-electron chi connectivity index (χ3n) is 1.56. The molecule has 1 aromatic rings. The van der Waals surface area contributed by atoms with Gasteiger partial charge in [-0.05, 0) is 5.56 Å². The Bertz CT molecular complexity index is 295. The van der Waals surface area contributed by atoms with Crippen molar-refractivity contribution in [1.82, 2.24) is 0 Å². The fourth-order valence-electron chi connectivity index (χ4n) is 0.892. The second kappa shape index (κ2) is 6.27. The fourth-order valence-corrected chi connectivity index (χ4v) is 1.60. The monoisotopic (exact) mass is 208 g/mol. The van der Waals surface area contributed by atoms with Crippen LogP contribution in [-0.4, -0.2) is 11.9 Å². The van der Waals surface area contributed by atoms with Crippen molar-refractivity contribution in [2.75, 3.05) is 5.94 Å². The Balaban J connectivity index is 2.16. The molecule has 2 nitrogen and oxygen atoms in total. The summed E-state index contributed by atoms with van der Waals surface area (Å²) in [5.41, 5.74) is 1.23. The van der Waals surface area contributed by atoms with Crippen molar-refractivity contribution in [3.05, 3.63) is 48.6 Å². The number of hydrogen-bond acceptors (Lipinski definition) is 3. The highest BCUT2D eigenvalue weighted by Crippen LogP contribution is 2.11. The number of carbonyl (C=O) groups excluding carboxylic acids is 1. The van der Waals surface area contributed by atoms with Crippen molar-refractivity contribution in [2.24, 2.45) is 0 Å². The normalized spacial score (nSPS) is 9.43. The molecule has 14 heavy (non-hydrogen) atoms. The molecule has 0 amide bonds. The van der Waals surface area contributed by atoms with Crippen molar-refractivity contribution < 1.29 is 9.53 Å². The maximum atomic E-state index is 10.7. The zero-order chi connectivity index (χ0) is 10.2. The topological polar surface area (TPSA) is 26.3 Å². The van der Waals surface area contributed by atoms with Gasteiger partial charge in [-0.3, -0.25) is 0 Å². The maximum Gasteiger partial charge on any atom is 0.330 e. The Morgan fingerprint density at radius 3 is 2.79 bits per heavy atom. The number of hydrogen-bond donors (Lipinski definition) is 0. The second-order valence-electron chi connectivity index (χ2n) is 2.62. The van der Waals surface area contributed by atoms with Crippen molar-refractivity contribution in [3.63, 3.8) is 0 Å². The van der Waals surface area contributed by atoms with Crippen LogP contribution in [0.3, 0.4) is 0 Å². The van der Waals surface area contributed by atoms with Gasteiger partial charge in [0.15, 0.2) is 0 Å². The molecule has 0 bridgehead atoms. The molecular weight excluding hydrogens is 196 g/mol. The second-order valence-corrected chi connectivity index (χ2v) is 3.55. The van der Waals surface area contributed by atoms with Gasteiger partial charge in [-0.25, -0.2) is 4.79 Å². The van der Waals surface area contributed by atoms with Crippen LogP contribution in [0.1, 0.15) is 5.56 Å². The van der Waals surface area contributed by atoms with E-state index in [1.54, 1.807) is 11.8 Å². The third kappa shape index (κ3) is 4.14. The van der Waals surface area contributed by atoms with Crippen LogP contribution >= 0.6 is 11.8 Å². The van der Waals surface area contributed by atoms with Crippen LogP contribution in [0.4, 0.5) is 0 Å². The highest BCUT2D eigenvalue weighted by Gasteiger charge is 1.95. The standard InChI is InChI=1S/C11H12O2S/c1-2-11(12)13-9-14-8-10-6-4-3-5-7-10/h2-7H,1,8-9H2. The predicted molar refractivity (Wildman–Crippen MR) is 58.9 cm³/mol. The van der Waals surface area contributed by atoms with E-state index in [-0.39, 0.29) is 5.97 Å². The molecule has 3 heteroatoms. The number of carbonyl (C=O) groups is 1. The number of ether oxygens (including phenoxy) is 1. The van der Waals surface area contributed by atoms with Crippen LogP contribution in [0.15, 0.2) is 43.0 Å². The quantitative estimate of drug-likeness (QED) is 0.322. The summed E-state index contributed by atoms with van der Waals surface area (Å²) >= 11 is 1.56. The number of rotatable bonds is 5. The molecule has 0 aliphatic carbocycles. The highest BCUT2D eigenvalue weighted by atomic mass is 32.2. The Labute approximate surface area is 88.0 Å². The summed E-state index contributed by atoms with van der Waals surface area (Å²) in [6, 6.07) is 10.0. The van der Waals surface area contributed by atoms with E-state index in [9.17, 15) is 4.79 Å². The molecule has 0 aromatic heterocycles. The average Bonchev–Trinajstić information content (AvgIpc) is 2.25. The molecule has 74 valence electrons. The zero-order valence-electron chi connectivity index (χ0n) is 7.81. The molecule has 0 radical (unpaired) electrons. The first-order valence-electron chi connectivity index (χ1n) is 4.24. The molecule has 0 aliphatic rings. The molecule has 0 saturated carbocycles. The zero-order valence-corrected chi connectivity index (χ0v) is 8.63. The Morgan fingerprint density at radius 1 is 1.43 bits per heavy atom. The molecule has 0 spiro atoms. The fraction of sp³-hybridized carbons (Fsp3) is 0.182. The summed E-state index contributed by atoms with van der Waals surface area (Å²) in [7, 11) is 0. The Kier molecular flexibility index (Phi) is 4.86. The Hall–Kier alpha value is -1.22. The SMILES string of the molecule is C=CC(=O)OCSCc1ccccc1. The van der Waals surface area contributed by atoms with Crippen LogP contribution in [-0.2, 0) is 15.3 Å². The first kappa shape index (κ1) is 10.9. The molecule has 0 atom stereocenters. The van der Waals surface area contributed by atoms with E-state index in [1.165, 1.54) is 11.6 Å². The van der Waals surface area contributed by atoms with E-state index in [0.717, 1.165) is 5.75 Å². The van der Waals surface area contributed by atoms with Gasteiger partial charge in [0.05, 0.1) is 0 Å². The predicted octanol–water partition coefficient (Wildman–Crippen LogP) is 2.61. The molecule has 1 rings (SSSR count). The Morgan fingerprint density at radius 2 is 2.14 bits per heavy atom. The highest BCUT2D eigenvalue weighted by molar-refractivity contribution is 7.98. The van der Waals surface area contributed by atoms with Crippen LogP contribution < -0.4 is 0 Å². The van der Waals surface area contributed by atoms with Gasteiger partial charge in [-0.15, -0.1) is 11.8 Å². The van der Waals surface area contributed by atoms with Gasteiger partial charge in [0.1, 0.15) is 5.94 Å². The minimum Gasteiger partial charge on any atom is -0.451 e. The van der Waals surface area contributed by atoms with E-state index in [1.807, 2.05) is 30.3 Å². The molecule has 0 aliphatic heterocycles. The van der Waals surface area contributed by atoms with Gasteiger partial charge in [-0.2, -0.15) is 0 Å². The van der Waals surface area contributed by atoms with Crippen molar-refractivity contribution in [2.45, 2.75) is 5.75 Å². The molecule has 1 aromatic carbocycles. The summed E-state index contributed by atoms with van der Waals surface area (Å²) < 4.78 is 4.82. The van der Waals surface area contributed by atoms with Gasteiger partial charge in [0.25, 0.3) is 0 Å². The molecular formula is C11H12O2S. The minimum atomic E-state index is -0.370. The lowest BCUT2D eigenvalue weighted by molar-refractivity contribution is -0.135. The molecule has 0 fully saturated rings. The molecule has 0 N–H and O–H groups in total. The minimum absolute atomic E-state index is 0.370.